The van der Waals surface area contributed by atoms with Crippen molar-refractivity contribution >= 4 is 17.6 Å². The summed E-state index contributed by atoms with van der Waals surface area (Å²) in [5.74, 6) is -3.18. The normalized spacial score (nSPS) is 20.9. The van der Waals surface area contributed by atoms with Crippen LogP contribution in [0.4, 0.5) is 25.1 Å². The molecule has 11 heteroatoms. The van der Waals surface area contributed by atoms with E-state index in [1.54, 1.807) is 0 Å². The average molecular weight is 333 g/mol. The fourth-order valence-electron chi connectivity index (χ4n) is 2.76. The van der Waals surface area contributed by atoms with E-state index in [9.17, 15) is 23.7 Å². The molecule has 0 radical (unpaired) electrons. The molecule has 2 rings (SSSR count). The van der Waals surface area contributed by atoms with Gasteiger partial charge in [-0.05, 0) is 6.42 Å². The third kappa shape index (κ3) is 3.48. The summed E-state index contributed by atoms with van der Waals surface area (Å²) in [6.07, 6.45) is -0.761. The van der Waals surface area contributed by atoms with E-state index in [-0.39, 0.29) is 24.5 Å². The van der Waals surface area contributed by atoms with Gasteiger partial charge in [-0.15, -0.1) is 0 Å². The second-order valence-corrected chi connectivity index (χ2v) is 5.55. The molecule has 1 saturated heterocycles. The Morgan fingerprint density at radius 3 is 2.83 bits per heavy atom. The predicted octanol–water partition coefficient (Wildman–Crippen LogP) is 1.54. The number of aryl methyl sites for hydroxylation is 1. The molecule has 1 atom stereocenters. The monoisotopic (exact) mass is 333 g/mol. The molecule has 1 fully saturated rings. The topological polar surface area (TPSA) is 105 Å². The van der Waals surface area contributed by atoms with Crippen LogP contribution in [-0.2, 0) is 7.05 Å². The van der Waals surface area contributed by atoms with Crippen LogP contribution in [0.2, 0.25) is 0 Å². The zero-order valence-corrected chi connectivity index (χ0v) is 12.6. The van der Waals surface area contributed by atoms with E-state index in [0.717, 1.165) is 11.1 Å². The van der Waals surface area contributed by atoms with Crippen molar-refractivity contribution in [2.75, 3.05) is 25.0 Å². The smallest absolute Gasteiger partial charge is 0.407 e. The summed E-state index contributed by atoms with van der Waals surface area (Å²) in [6, 6.07) is -0.861. The predicted molar refractivity (Wildman–Crippen MR) is 75.8 cm³/mol. The van der Waals surface area contributed by atoms with Crippen LogP contribution in [0.25, 0.3) is 0 Å². The van der Waals surface area contributed by atoms with Crippen molar-refractivity contribution in [2.45, 2.75) is 24.8 Å². The van der Waals surface area contributed by atoms with Gasteiger partial charge in [0, 0.05) is 33.1 Å². The van der Waals surface area contributed by atoms with E-state index in [1.807, 2.05) is 0 Å². The van der Waals surface area contributed by atoms with Gasteiger partial charge in [-0.2, -0.15) is 5.10 Å². The molecule has 0 saturated carbocycles. The maximum Gasteiger partial charge on any atom is 0.407 e. The number of halogens is 2. The highest BCUT2D eigenvalue weighted by molar-refractivity contribution is 5.65. The summed E-state index contributed by atoms with van der Waals surface area (Å²) < 4.78 is 29.5. The van der Waals surface area contributed by atoms with Crippen molar-refractivity contribution in [3.63, 3.8) is 0 Å². The highest BCUT2D eigenvalue weighted by Crippen LogP contribution is 2.34. The first-order chi connectivity index (χ1) is 10.6. The van der Waals surface area contributed by atoms with Crippen LogP contribution in [0.1, 0.15) is 12.8 Å². The fraction of sp³-hybridized carbons (Fsp3) is 0.667. The van der Waals surface area contributed by atoms with E-state index < -0.39 is 35.9 Å². The maximum atomic E-state index is 14.2. The van der Waals surface area contributed by atoms with Gasteiger partial charge >= 0.3 is 11.8 Å². The Kier molecular flexibility index (Phi) is 4.39. The summed E-state index contributed by atoms with van der Waals surface area (Å²) in [5.41, 5.74) is -0.353. The number of rotatable bonds is 3. The van der Waals surface area contributed by atoms with Gasteiger partial charge in [-0.1, -0.05) is 0 Å². The molecule has 0 spiro atoms. The first kappa shape index (κ1) is 16.9. The summed E-state index contributed by atoms with van der Waals surface area (Å²) in [6.45, 7) is -0.657. The molecule has 1 N–H and O–H groups in total. The van der Waals surface area contributed by atoms with Gasteiger partial charge in [-0.25, -0.2) is 18.3 Å². The van der Waals surface area contributed by atoms with Crippen LogP contribution in [0.15, 0.2) is 6.20 Å². The molecular formula is C12H17F2N5O4. The van der Waals surface area contributed by atoms with Crippen molar-refractivity contribution in [1.29, 1.82) is 0 Å². The van der Waals surface area contributed by atoms with Gasteiger partial charge in [0.1, 0.15) is 6.20 Å². The number of nitrogens with zero attached hydrogens (tertiary/aromatic N) is 5. The lowest BCUT2D eigenvalue weighted by molar-refractivity contribution is -0.384. The largest absolute Gasteiger partial charge is 0.465 e. The number of nitro groups is 1. The van der Waals surface area contributed by atoms with Crippen LogP contribution in [0, 0.1) is 10.1 Å². The number of amides is 1. The molecule has 23 heavy (non-hydrogen) atoms. The van der Waals surface area contributed by atoms with Crippen LogP contribution in [0.3, 0.4) is 0 Å². The van der Waals surface area contributed by atoms with Gasteiger partial charge in [0.15, 0.2) is 0 Å². The van der Waals surface area contributed by atoms with E-state index in [0.29, 0.717) is 0 Å². The summed E-state index contributed by atoms with van der Waals surface area (Å²) in [4.78, 5) is 23.4. The van der Waals surface area contributed by atoms with E-state index >= 15 is 0 Å². The molecule has 1 amide bonds. The molecule has 1 aromatic rings. The number of anilines is 1. The first-order valence-electron chi connectivity index (χ1n) is 6.87. The molecule has 1 aliphatic heterocycles. The van der Waals surface area contributed by atoms with E-state index in [4.69, 9.17) is 5.11 Å². The van der Waals surface area contributed by atoms with Gasteiger partial charge in [0.2, 0.25) is 5.82 Å². The molecular weight excluding hydrogens is 316 g/mol. The van der Waals surface area contributed by atoms with Crippen LogP contribution < -0.4 is 4.90 Å². The second kappa shape index (κ2) is 5.97. The fourth-order valence-corrected chi connectivity index (χ4v) is 2.76. The molecule has 1 aromatic heterocycles. The third-order valence-corrected chi connectivity index (χ3v) is 3.92. The summed E-state index contributed by atoms with van der Waals surface area (Å²) >= 11 is 0. The standard InChI is InChI=1S/C12H17F2N5O4/c1-16(11(20)21)8-3-4-18(7-12(13,14)5-8)10-9(19(22)23)6-15-17(10)2/h6,8H,3-5,7H2,1-2H3,(H,20,21). The Labute approximate surface area is 130 Å². The SMILES string of the molecule is CN(C(=O)O)C1CCN(c2c([N+](=O)[O-])cnn2C)CC(F)(F)C1. The summed E-state index contributed by atoms with van der Waals surface area (Å²) in [5, 5.41) is 23.8. The average Bonchev–Trinajstić information content (AvgIpc) is 2.74. The number of aromatic nitrogens is 2. The number of alkyl halides is 2. The molecule has 1 unspecified atom stereocenters. The van der Waals surface area contributed by atoms with Gasteiger partial charge in [0.05, 0.1) is 11.5 Å². The lowest BCUT2D eigenvalue weighted by Crippen LogP contribution is -2.40. The van der Waals surface area contributed by atoms with Crippen LogP contribution in [0.5, 0.6) is 0 Å². The van der Waals surface area contributed by atoms with Crippen LogP contribution >= 0.6 is 0 Å². The lowest BCUT2D eigenvalue weighted by atomic mass is 10.1. The minimum Gasteiger partial charge on any atom is -0.465 e. The molecule has 2 heterocycles. The van der Waals surface area contributed by atoms with Crippen molar-refractivity contribution in [1.82, 2.24) is 14.7 Å². The Hall–Kier alpha value is -2.46. The minimum atomic E-state index is -3.18. The van der Waals surface area contributed by atoms with Crippen molar-refractivity contribution < 1.29 is 23.6 Å². The highest BCUT2D eigenvalue weighted by atomic mass is 19.3. The quantitative estimate of drug-likeness (QED) is 0.664. The molecule has 9 nitrogen and oxygen atoms in total. The van der Waals surface area contributed by atoms with Gasteiger partial charge in [0.25, 0.3) is 5.92 Å². The van der Waals surface area contributed by atoms with E-state index in [2.05, 4.69) is 5.10 Å². The Balaban J connectivity index is 2.31. The van der Waals surface area contributed by atoms with E-state index in [1.165, 1.54) is 23.7 Å². The number of hydrogen-bond acceptors (Lipinski definition) is 5. The number of hydrogen-bond donors (Lipinski definition) is 1. The zero-order chi connectivity index (χ0) is 17.4. The Morgan fingerprint density at radius 1 is 1.61 bits per heavy atom. The molecule has 0 bridgehead atoms. The molecule has 0 aliphatic carbocycles. The number of carboxylic acid groups (broad SMARTS) is 1. The number of carbonyl (C=O) groups is 1. The third-order valence-electron chi connectivity index (χ3n) is 3.92. The Bertz CT molecular complexity index is 621. The Morgan fingerprint density at radius 2 is 2.26 bits per heavy atom. The van der Waals surface area contributed by atoms with Crippen molar-refractivity contribution in [3.05, 3.63) is 16.3 Å². The summed E-state index contributed by atoms with van der Waals surface area (Å²) in [7, 11) is 2.68. The zero-order valence-electron chi connectivity index (χ0n) is 12.6. The van der Waals surface area contributed by atoms with Gasteiger partial charge in [-0.3, -0.25) is 10.1 Å². The van der Waals surface area contributed by atoms with Crippen LogP contribution in [-0.4, -0.2) is 62.9 Å². The second-order valence-electron chi connectivity index (χ2n) is 5.55. The van der Waals surface area contributed by atoms with Crippen molar-refractivity contribution in [2.24, 2.45) is 7.05 Å². The first-order valence-corrected chi connectivity index (χ1v) is 6.87. The van der Waals surface area contributed by atoms with Gasteiger partial charge < -0.3 is 14.9 Å². The highest BCUT2D eigenvalue weighted by Gasteiger charge is 2.42. The van der Waals surface area contributed by atoms with Crippen molar-refractivity contribution in [3.8, 4) is 0 Å². The molecule has 0 aromatic carbocycles. The molecule has 1 aliphatic rings. The molecule has 128 valence electrons. The lowest BCUT2D eigenvalue weighted by Gasteiger charge is -2.26. The minimum absolute atomic E-state index is 0.00620. The maximum absolute atomic E-state index is 14.2.